The first-order chi connectivity index (χ1) is 13.4. The predicted molar refractivity (Wildman–Crippen MR) is 105 cm³/mol. The number of rotatable bonds is 6. The Morgan fingerprint density at radius 1 is 1.21 bits per heavy atom. The Morgan fingerprint density at radius 3 is 2.54 bits per heavy atom. The number of H-pyrrole nitrogens is 1. The summed E-state index contributed by atoms with van der Waals surface area (Å²) in [5, 5.41) is 11.4. The molecule has 10 heteroatoms. The third-order valence-electron chi connectivity index (χ3n) is 4.37. The van der Waals surface area contributed by atoms with Gasteiger partial charge in [-0.25, -0.2) is 9.78 Å². The number of hydrogen-bond acceptors (Lipinski definition) is 6. The molecule has 0 fully saturated rings. The molecule has 0 aliphatic heterocycles. The highest BCUT2D eigenvalue weighted by molar-refractivity contribution is 5.78. The van der Waals surface area contributed by atoms with Crippen LogP contribution >= 0.6 is 0 Å². The molecule has 0 atom stereocenters. The number of para-hydroxylation sites is 1. The number of aromatic nitrogens is 4. The van der Waals surface area contributed by atoms with Gasteiger partial charge in [-0.2, -0.15) is 0 Å². The fourth-order valence-electron chi connectivity index (χ4n) is 3.03. The molecule has 10 nitrogen and oxygen atoms in total. The fourth-order valence-corrected chi connectivity index (χ4v) is 3.03. The summed E-state index contributed by atoms with van der Waals surface area (Å²) in [5.74, 6) is 0.446. The van der Waals surface area contributed by atoms with Gasteiger partial charge in [-0.15, -0.1) is 0 Å². The Morgan fingerprint density at radius 2 is 1.93 bits per heavy atom. The van der Waals surface area contributed by atoms with E-state index < -0.39 is 16.2 Å². The number of methoxy groups -OCH3 is 1. The summed E-state index contributed by atoms with van der Waals surface area (Å²) in [6.45, 7) is 4.10. The van der Waals surface area contributed by atoms with Gasteiger partial charge in [-0.05, 0) is 38.1 Å². The number of aryl methyl sites for hydroxylation is 1. The van der Waals surface area contributed by atoms with Gasteiger partial charge in [-0.3, -0.25) is 24.0 Å². The molecule has 28 heavy (non-hydrogen) atoms. The smallest absolute Gasteiger partial charge is 0.332 e. The van der Waals surface area contributed by atoms with Crippen LogP contribution in [0, 0.1) is 10.1 Å². The normalized spacial score (nSPS) is 11.4. The Hall–Kier alpha value is -3.69. The zero-order chi connectivity index (χ0) is 20.4. The number of nitro groups is 1. The third kappa shape index (κ3) is 3.08. The summed E-state index contributed by atoms with van der Waals surface area (Å²) >= 11 is 0. The van der Waals surface area contributed by atoms with Crippen LogP contribution in [-0.4, -0.2) is 31.1 Å². The summed E-state index contributed by atoms with van der Waals surface area (Å²) < 4.78 is 7.59. The summed E-state index contributed by atoms with van der Waals surface area (Å²) in [6, 6.07) is 4.72. The number of aromatic amines is 1. The fraction of sp³-hybridized carbons (Fsp3) is 0.278. The van der Waals surface area contributed by atoms with Gasteiger partial charge in [0.15, 0.2) is 11.4 Å². The van der Waals surface area contributed by atoms with Crippen molar-refractivity contribution in [3.63, 3.8) is 0 Å². The SMILES string of the molecule is CCn1c(=O)c2[nH]c(/C=C/c3cccc(OC)c3[N+](=O)[O-])nc2n(CC)c1=O. The highest BCUT2D eigenvalue weighted by atomic mass is 16.6. The van der Waals surface area contributed by atoms with Crippen LogP contribution in [0.3, 0.4) is 0 Å². The first-order valence-electron chi connectivity index (χ1n) is 8.65. The number of nitrogens with one attached hydrogen (secondary N) is 1. The van der Waals surface area contributed by atoms with Gasteiger partial charge in [0.05, 0.1) is 17.6 Å². The van der Waals surface area contributed by atoms with E-state index in [1.54, 1.807) is 26.0 Å². The number of nitrogens with zero attached hydrogens (tertiary/aromatic N) is 4. The van der Waals surface area contributed by atoms with Crippen molar-refractivity contribution < 1.29 is 9.66 Å². The van der Waals surface area contributed by atoms with Crippen molar-refractivity contribution in [2.24, 2.45) is 0 Å². The standard InChI is InChI=1S/C18H19N5O5/c1-4-21-16-14(17(24)22(5-2)18(21)25)19-13(20-16)10-9-11-7-6-8-12(28-3)15(11)23(26)27/h6-10H,4-5H2,1-3H3,(H,19,20)/b10-9+. The minimum absolute atomic E-state index is 0.141. The van der Waals surface area contributed by atoms with E-state index in [2.05, 4.69) is 9.97 Å². The molecule has 0 aliphatic carbocycles. The van der Waals surface area contributed by atoms with Crippen molar-refractivity contribution in [3.8, 4) is 5.75 Å². The van der Waals surface area contributed by atoms with Crippen molar-refractivity contribution in [3.05, 3.63) is 60.5 Å². The van der Waals surface area contributed by atoms with Gasteiger partial charge in [-0.1, -0.05) is 6.07 Å². The second-order valence-electron chi connectivity index (χ2n) is 5.89. The van der Waals surface area contributed by atoms with Crippen molar-refractivity contribution in [2.45, 2.75) is 26.9 Å². The maximum absolute atomic E-state index is 12.5. The lowest BCUT2D eigenvalue weighted by molar-refractivity contribution is -0.386. The Balaban J connectivity index is 2.15. The third-order valence-corrected chi connectivity index (χ3v) is 4.37. The van der Waals surface area contributed by atoms with Crippen LogP contribution in [0.15, 0.2) is 27.8 Å². The molecular formula is C18H19N5O5. The molecule has 3 aromatic rings. The minimum atomic E-state index is -0.522. The summed E-state index contributed by atoms with van der Waals surface area (Å²) in [5.41, 5.74) is -0.260. The van der Waals surface area contributed by atoms with Crippen molar-refractivity contribution in [1.29, 1.82) is 0 Å². The number of fused-ring (bicyclic) bond motifs is 1. The van der Waals surface area contributed by atoms with E-state index in [0.29, 0.717) is 17.9 Å². The maximum atomic E-state index is 12.5. The molecule has 1 aromatic carbocycles. The summed E-state index contributed by atoms with van der Waals surface area (Å²) in [7, 11) is 1.36. The molecule has 0 spiro atoms. The molecule has 1 N–H and O–H groups in total. The molecule has 2 aromatic heterocycles. The van der Waals surface area contributed by atoms with E-state index >= 15 is 0 Å². The predicted octanol–water partition coefficient (Wildman–Crippen LogP) is 2.01. The topological polar surface area (TPSA) is 125 Å². The number of hydrogen-bond donors (Lipinski definition) is 1. The van der Waals surface area contributed by atoms with Crippen LogP contribution in [0.5, 0.6) is 5.75 Å². The number of nitro benzene ring substituents is 1. The Labute approximate surface area is 158 Å². The first-order valence-corrected chi connectivity index (χ1v) is 8.65. The van der Waals surface area contributed by atoms with Crippen LogP contribution in [0.2, 0.25) is 0 Å². The van der Waals surface area contributed by atoms with Crippen LogP contribution in [0.4, 0.5) is 5.69 Å². The molecular weight excluding hydrogens is 366 g/mol. The second-order valence-corrected chi connectivity index (χ2v) is 5.89. The molecule has 0 radical (unpaired) electrons. The summed E-state index contributed by atoms with van der Waals surface area (Å²) in [6.07, 6.45) is 3.02. The first kappa shape index (κ1) is 19.1. The lowest BCUT2D eigenvalue weighted by atomic mass is 10.1. The Kier molecular flexibility index (Phi) is 5.12. The quantitative estimate of drug-likeness (QED) is 0.511. The highest BCUT2D eigenvalue weighted by Crippen LogP contribution is 2.31. The van der Waals surface area contributed by atoms with Gasteiger partial charge in [0.2, 0.25) is 0 Å². The Bertz CT molecular complexity index is 1200. The van der Waals surface area contributed by atoms with E-state index in [4.69, 9.17) is 4.74 Å². The van der Waals surface area contributed by atoms with E-state index in [1.165, 1.54) is 29.9 Å². The molecule has 0 amide bonds. The van der Waals surface area contributed by atoms with Gasteiger partial charge >= 0.3 is 11.4 Å². The summed E-state index contributed by atoms with van der Waals surface area (Å²) in [4.78, 5) is 43.0. The zero-order valence-corrected chi connectivity index (χ0v) is 15.6. The highest BCUT2D eigenvalue weighted by Gasteiger charge is 2.19. The van der Waals surface area contributed by atoms with Crippen molar-refractivity contribution in [1.82, 2.24) is 19.1 Å². The van der Waals surface area contributed by atoms with Gasteiger partial charge in [0.25, 0.3) is 5.56 Å². The van der Waals surface area contributed by atoms with Crippen LogP contribution in [-0.2, 0) is 13.1 Å². The van der Waals surface area contributed by atoms with Crippen LogP contribution < -0.4 is 16.0 Å². The van der Waals surface area contributed by atoms with Crippen LogP contribution in [0.25, 0.3) is 23.3 Å². The van der Waals surface area contributed by atoms with Gasteiger partial charge < -0.3 is 9.72 Å². The monoisotopic (exact) mass is 385 g/mol. The van der Waals surface area contributed by atoms with E-state index in [0.717, 1.165) is 4.57 Å². The van der Waals surface area contributed by atoms with Crippen molar-refractivity contribution >= 4 is 29.0 Å². The lowest BCUT2D eigenvalue weighted by Crippen LogP contribution is -2.39. The number of imidazole rings is 1. The number of ether oxygens (including phenoxy) is 1. The van der Waals surface area contributed by atoms with Gasteiger partial charge in [0.1, 0.15) is 11.3 Å². The molecule has 146 valence electrons. The van der Waals surface area contributed by atoms with E-state index in [9.17, 15) is 19.7 Å². The molecule has 0 unspecified atom stereocenters. The number of benzene rings is 1. The lowest BCUT2D eigenvalue weighted by Gasteiger charge is -2.06. The van der Waals surface area contributed by atoms with Gasteiger partial charge in [0, 0.05) is 13.1 Å². The average Bonchev–Trinajstić information content (AvgIpc) is 3.10. The molecule has 0 saturated heterocycles. The molecule has 0 aliphatic rings. The largest absolute Gasteiger partial charge is 0.490 e. The maximum Gasteiger partial charge on any atom is 0.332 e. The molecule has 3 rings (SSSR count). The zero-order valence-electron chi connectivity index (χ0n) is 15.6. The molecule has 2 heterocycles. The van der Waals surface area contributed by atoms with Crippen molar-refractivity contribution in [2.75, 3.05) is 7.11 Å². The van der Waals surface area contributed by atoms with Crippen LogP contribution in [0.1, 0.15) is 25.2 Å². The minimum Gasteiger partial charge on any atom is -0.490 e. The average molecular weight is 385 g/mol. The second kappa shape index (κ2) is 7.51. The van der Waals surface area contributed by atoms with E-state index in [-0.39, 0.29) is 29.1 Å². The molecule has 0 bridgehead atoms. The molecule has 0 saturated carbocycles. The van der Waals surface area contributed by atoms with E-state index in [1.807, 2.05) is 0 Å².